The molecule has 1 aromatic rings. The Bertz CT molecular complexity index is 421. The predicted octanol–water partition coefficient (Wildman–Crippen LogP) is 0.977. The van der Waals surface area contributed by atoms with Crippen molar-refractivity contribution in [3.63, 3.8) is 0 Å². The Morgan fingerprint density at radius 2 is 2.33 bits per heavy atom. The highest BCUT2D eigenvalue weighted by atomic mass is 32.1. The fraction of sp³-hybridized carbons (Fsp3) is 0.667. The maximum Gasteiger partial charge on any atom is 0.273 e. The van der Waals surface area contributed by atoms with E-state index in [0.29, 0.717) is 12.2 Å². The first-order chi connectivity index (χ1) is 8.63. The summed E-state index contributed by atoms with van der Waals surface area (Å²) in [4.78, 5) is 18.1. The van der Waals surface area contributed by atoms with Gasteiger partial charge in [0.25, 0.3) is 5.91 Å². The largest absolute Gasteiger partial charge is 0.391 e. The van der Waals surface area contributed by atoms with Gasteiger partial charge in [0.15, 0.2) is 0 Å². The predicted molar refractivity (Wildman–Crippen MR) is 70.4 cm³/mol. The molecule has 0 aromatic carbocycles. The van der Waals surface area contributed by atoms with E-state index in [4.69, 9.17) is 5.73 Å². The van der Waals surface area contributed by atoms with Crippen molar-refractivity contribution < 1.29 is 9.90 Å². The van der Waals surface area contributed by atoms with Crippen molar-refractivity contribution in [3.8, 4) is 0 Å². The number of aliphatic hydroxyl groups is 1. The van der Waals surface area contributed by atoms with Crippen LogP contribution in [-0.4, -0.2) is 40.1 Å². The molecule has 3 N–H and O–H groups in total. The van der Waals surface area contributed by atoms with Gasteiger partial charge < -0.3 is 15.7 Å². The van der Waals surface area contributed by atoms with Gasteiger partial charge in [-0.15, -0.1) is 11.3 Å². The molecule has 0 bridgehead atoms. The van der Waals surface area contributed by atoms with Crippen LogP contribution in [0, 0.1) is 0 Å². The molecule has 1 saturated carbocycles. The molecule has 2 atom stereocenters. The zero-order valence-corrected chi connectivity index (χ0v) is 11.3. The molecule has 1 aliphatic rings. The molecule has 6 heteroatoms. The molecule has 1 aliphatic carbocycles. The number of carbonyl (C=O) groups is 1. The van der Waals surface area contributed by atoms with E-state index in [1.165, 1.54) is 11.3 Å². The van der Waals surface area contributed by atoms with E-state index >= 15 is 0 Å². The van der Waals surface area contributed by atoms with E-state index < -0.39 is 6.10 Å². The summed E-state index contributed by atoms with van der Waals surface area (Å²) in [7, 11) is 1.74. The van der Waals surface area contributed by atoms with Crippen molar-refractivity contribution in [2.75, 3.05) is 7.05 Å². The van der Waals surface area contributed by atoms with Crippen molar-refractivity contribution in [2.45, 2.75) is 44.4 Å². The van der Waals surface area contributed by atoms with Crippen molar-refractivity contribution in [1.82, 2.24) is 9.88 Å². The van der Waals surface area contributed by atoms with Crippen LogP contribution in [0.3, 0.4) is 0 Å². The average Bonchev–Trinajstić information content (AvgIpc) is 2.86. The number of nitrogens with two attached hydrogens (primary N) is 1. The minimum Gasteiger partial charge on any atom is -0.391 e. The molecule has 1 amide bonds. The summed E-state index contributed by atoms with van der Waals surface area (Å²) in [6.07, 6.45) is 3.31. The Balaban J connectivity index is 2.07. The maximum atomic E-state index is 12.2. The third kappa shape index (κ3) is 2.71. The first kappa shape index (κ1) is 13.5. The van der Waals surface area contributed by atoms with Gasteiger partial charge in [0.2, 0.25) is 0 Å². The van der Waals surface area contributed by atoms with Crippen LogP contribution in [0.5, 0.6) is 0 Å². The highest BCUT2D eigenvalue weighted by Crippen LogP contribution is 2.23. The van der Waals surface area contributed by atoms with Gasteiger partial charge in [0.1, 0.15) is 10.7 Å². The van der Waals surface area contributed by atoms with E-state index in [0.717, 1.165) is 30.7 Å². The topological polar surface area (TPSA) is 79.5 Å². The standard InChI is InChI=1S/C12H19N3O2S/c1-15(9-4-2-3-5-10(9)16)12(17)8-7-18-11(6-13)14-8/h7,9-10,16H,2-6,13H2,1H3. The van der Waals surface area contributed by atoms with Crippen molar-refractivity contribution in [2.24, 2.45) is 5.73 Å². The third-order valence-electron chi connectivity index (χ3n) is 3.46. The Hall–Kier alpha value is -0.980. The second-order valence-corrected chi connectivity index (χ2v) is 5.61. The lowest BCUT2D eigenvalue weighted by molar-refractivity contribution is 0.0265. The van der Waals surface area contributed by atoms with Gasteiger partial charge in [-0.1, -0.05) is 12.8 Å². The molecule has 18 heavy (non-hydrogen) atoms. The van der Waals surface area contributed by atoms with E-state index in [1.54, 1.807) is 17.3 Å². The Kier molecular flexibility index (Phi) is 4.31. The first-order valence-corrected chi connectivity index (χ1v) is 7.11. The zero-order valence-electron chi connectivity index (χ0n) is 10.5. The van der Waals surface area contributed by atoms with Crippen molar-refractivity contribution >= 4 is 17.2 Å². The lowest BCUT2D eigenvalue weighted by Crippen LogP contribution is -2.46. The minimum absolute atomic E-state index is 0.0886. The normalized spacial score (nSPS) is 23.9. The monoisotopic (exact) mass is 269 g/mol. The molecule has 1 heterocycles. The molecule has 2 unspecified atom stereocenters. The van der Waals surface area contributed by atoms with Crippen LogP contribution in [-0.2, 0) is 6.54 Å². The number of amides is 1. The molecule has 0 radical (unpaired) electrons. The summed E-state index contributed by atoms with van der Waals surface area (Å²) in [6.45, 7) is 0.355. The smallest absolute Gasteiger partial charge is 0.273 e. The summed E-state index contributed by atoms with van der Waals surface area (Å²) in [6, 6.07) is -0.0886. The molecule has 5 nitrogen and oxygen atoms in total. The molecular weight excluding hydrogens is 250 g/mol. The summed E-state index contributed by atoms with van der Waals surface area (Å²) in [5.41, 5.74) is 5.92. The van der Waals surface area contributed by atoms with Crippen molar-refractivity contribution in [1.29, 1.82) is 0 Å². The van der Waals surface area contributed by atoms with Gasteiger partial charge in [0, 0.05) is 19.0 Å². The van der Waals surface area contributed by atoms with Gasteiger partial charge >= 0.3 is 0 Å². The summed E-state index contributed by atoms with van der Waals surface area (Å²) in [5.74, 6) is -0.128. The number of hydrogen-bond acceptors (Lipinski definition) is 5. The molecular formula is C12H19N3O2S. The lowest BCUT2D eigenvalue weighted by Gasteiger charge is -2.34. The van der Waals surface area contributed by atoms with Gasteiger partial charge in [-0.05, 0) is 12.8 Å². The molecule has 1 aromatic heterocycles. The number of likely N-dealkylation sites (N-methyl/N-ethyl adjacent to an activating group) is 1. The Morgan fingerprint density at radius 3 is 2.94 bits per heavy atom. The first-order valence-electron chi connectivity index (χ1n) is 6.23. The number of thiazole rings is 1. The fourth-order valence-electron chi connectivity index (χ4n) is 2.38. The van der Waals surface area contributed by atoms with Gasteiger partial charge in [-0.3, -0.25) is 4.79 Å². The fourth-order valence-corrected chi connectivity index (χ4v) is 3.03. The van der Waals surface area contributed by atoms with E-state index in [9.17, 15) is 9.90 Å². The summed E-state index contributed by atoms with van der Waals surface area (Å²) >= 11 is 1.40. The lowest BCUT2D eigenvalue weighted by atomic mass is 9.91. The molecule has 2 rings (SSSR count). The quantitative estimate of drug-likeness (QED) is 0.857. The van der Waals surface area contributed by atoms with Crippen LogP contribution in [0.2, 0.25) is 0 Å². The Morgan fingerprint density at radius 1 is 1.61 bits per heavy atom. The highest BCUT2D eigenvalue weighted by molar-refractivity contribution is 7.09. The van der Waals surface area contributed by atoms with Gasteiger partial charge in [0.05, 0.1) is 12.1 Å². The zero-order chi connectivity index (χ0) is 13.1. The summed E-state index contributed by atoms with van der Waals surface area (Å²) < 4.78 is 0. The van der Waals surface area contributed by atoms with Crippen LogP contribution in [0.1, 0.15) is 41.2 Å². The average molecular weight is 269 g/mol. The number of rotatable bonds is 3. The number of nitrogens with zero attached hydrogens (tertiary/aromatic N) is 2. The van der Waals surface area contributed by atoms with Gasteiger partial charge in [-0.2, -0.15) is 0 Å². The number of carbonyl (C=O) groups excluding carboxylic acids is 1. The van der Waals surface area contributed by atoms with Crippen LogP contribution in [0.4, 0.5) is 0 Å². The molecule has 1 fully saturated rings. The van der Waals surface area contributed by atoms with E-state index in [2.05, 4.69) is 4.98 Å². The number of aromatic nitrogens is 1. The van der Waals surface area contributed by atoms with Crippen molar-refractivity contribution in [3.05, 3.63) is 16.1 Å². The maximum absolute atomic E-state index is 12.2. The second-order valence-electron chi connectivity index (χ2n) is 4.67. The summed E-state index contributed by atoms with van der Waals surface area (Å²) in [5, 5.41) is 12.4. The molecule has 0 spiro atoms. The van der Waals surface area contributed by atoms with E-state index in [-0.39, 0.29) is 11.9 Å². The highest BCUT2D eigenvalue weighted by Gasteiger charge is 2.30. The minimum atomic E-state index is -0.416. The SMILES string of the molecule is CN(C(=O)c1csc(CN)n1)C1CCCCC1O. The molecule has 100 valence electrons. The number of hydrogen-bond donors (Lipinski definition) is 2. The van der Waals surface area contributed by atoms with Gasteiger partial charge in [-0.25, -0.2) is 4.98 Å². The van der Waals surface area contributed by atoms with Crippen LogP contribution < -0.4 is 5.73 Å². The van der Waals surface area contributed by atoms with E-state index in [1.807, 2.05) is 0 Å². The van der Waals surface area contributed by atoms with Crippen LogP contribution in [0.15, 0.2) is 5.38 Å². The second kappa shape index (κ2) is 5.77. The Labute approximate surface area is 111 Å². The molecule has 0 aliphatic heterocycles. The molecule has 0 saturated heterocycles. The van der Waals surface area contributed by atoms with Crippen LogP contribution in [0.25, 0.3) is 0 Å². The van der Waals surface area contributed by atoms with Crippen LogP contribution >= 0.6 is 11.3 Å². The third-order valence-corrected chi connectivity index (χ3v) is 4.33. The number of aliphatic hydroxyl groups excluding tert-OH is 1.